The zero-order valence-corrected chi connectivity index (χ0v) is 16.9. The van der Waals surface area contributed by atoms with Gasteiger partial charge < -0.3 is 20.5 Å². The smallest absolute Gasteiger partial charge is 0.415 e. The Morgan fingerprint density at radius 3 is 2.75 bits per heavy atom. The van der Waals surface area contributed by atoms with Crippen molar-refractivity contribution in [3.05, 3.63) is 59.2 Å². The van der Waals surface area contributed by atoms with Gasteiger partial charge in [0.05, 0.1) is 19.1 Å². The summed E-state index contributed by atoms with van der Waals surface area (Å²) in [4.78, 5) is 20.7. The number of nitrogens with zero attached hydrogens (tertiary/aromatic N) is 2. The number of pyridine rings is 1. The lowest BCUT2D eigenvalue weighted by Gasteiger charge is -2.36. The molecule has 3 heterocycles. The summed E-state index contributed by atoms with van der Waals surface area (Å²) in [6.45, 7) is 0.967. The molecule has 3 atom stereocenters. The van der Waals surface area contributed by atoms with Crippen LogP contribution in [0.2, 0.25) is 0 Å². The number of aryl methyl sites for hydroxylation is 1. The quantitative estimate of drug-likeness (QED) is 0.695. The molecule has 0 saturated carbocycles. The van der Waals surface area contributed by atoms with E-state index in [9.17, 15) is 22.4 Å². The topological polar surface area (TPSA) is 98.8 Å². The largest absolute Gasteiger partial charge is 0.465 e. The Hall–Kier alpha value is -3.21. The minimum atomic E-state index is -4.70. The second kappa shape index (κ2) is 8.05. The molecular weight excluding hydrogens is 432 g/mol. The summed E-state index contributed by atoms with van der Waals surface area (Å²) >= 11 is 0. The molecule has 1 fully saturated rings. The van der Waals surface area contributed by atoms with Crippen molar-refractivity contribution in [2.24, 2.45) is 16.6 Å². The molecule has 4 rings (SSSR count). The van der Waals surface area contributed by atoms with Gasteiger partial charge in [-0.15, -0.1) is 0 Å². The zero-order valence-electron chi connectivity index (χ0n) is 16.9. The third-order valence-corrected chi connectivity index (χ3v) is 5.66. The Kier molecular flexibility index (Phi) is 5.53. The minimum absolute atomic E-state index is 0.138. The predicted molar refractivity (Wildman–Crippen MR) is 107 cm³/mol. The fourth-order valence-corrected chi connectivity index (χ4v) is 3.99. The van der Waals surface area contributed by atoms with Gasteiger partial charge in [-0.25, -0.2) is 9.38 Å². The number of carbonyl (C=O) groups is 1. The molecule has 2 aliphatic heterocycles. The molecule has 0 aliphatic carbocycles. The van der Waals surface area contributed by atoms with Crippen LogP contribution in [-0.2, 0) is 21.4 Å². The van der Waals surface area contributed by atoms with E-state index in [1.54, 1.807) is 18.3 Å². The Balaban J connectivity index is 1.68. The number of ether oxygens (including phenoxy) is 2. The average molecular weight is 452 g/mol. The third-order valence-electron chi connectivity index (χ3n) is 5.66. The van der Waals surface area contributed by atoms with Gasteiger partial charge in [0, 0.05) is 17.4 Å². The number of amides is 1. The van der Waals surface area contributed by atoms with Crippen LogP contribution in [0.3, 0.4) is 0 Å². The first kappa shape index (κ1) is 22.0. The molecule has 2 unspecified atom stereocenters. The van der Waals surface area contributed by atoms with Crippen LogP contribution in [0, 0.1) is 11.7 Å². The summed E-state index contributed by atoms with van der Waals surface area (Å²) in [5.74, 6) is -2.70. The lowest BCUT2D eigenvalue weighted by Crippen LogP contribution is -2.48. The van der Waals surface area contributed by atoms with Gasteiger partial charge in [0.25, 0.3) is 11.9 Å². The molecule has 170 valence electrons. The number of amidine groups is 1. The molecule has 11 heteroatoms. The maximum Gasteiger partial charge on any atom is 0.415 e. The molecule has 1 aromatic carbocycles. The fraction of sp³-hybridized carbons (Fsp3) is 0.381. The number of halogens is 4. The summed E-state index contributed by atoms with van der Waals surface area (Å²) in [6.07, 6.45) is -4.57. The number of alkyl halides is 3. The molecule has 7 nitrogen and oxygen atoms in total. The van der Waals surface area contributed by atoms with Crippen molar-refractivity contribution in [2.75, 3.05) is 18.5 Å². The molecule has 0 bridgehead atoms. The molecule has 2 aromatic rings. The molecule has 32 heavy (non-hydrogen) atoms. The van der Waals surface area contributed by atoms with Crippen molar-refractivity contribution >= 4 is 17.6 Å². The highest BCUT2D eigenvalue weighted by Gasteiger charge is 2.62. The van der Waals surface area contributed by atoms with E-state index in [0.717, 1.165) is 18.1 Å². The van der Waals surface area contributed by atoms with Crippen LogP contribution in [0.5, 0.6) is 0 Å². The van der Waals surface area contributed by atoms with E-state index in [-0.39, 0.29) is 23.0 Å². The third kappa shape index (κ3) is 3.88. The first-order valence-electron chi connectivity index (χ1n) is 9.87. The Morgan fingerprint density at radius 2 is 2.09 bits per heavy atom. The van der Waals surface area contributed by atoms with Gasteiger partial charge in [-0.3, -0.25) is 9.78 Å². The number of rotatable bonds is 4. The van der Waals surface area contributed by atoms with Crippen molar-refractivity contribution in [3.8, 4) is 0 Å². The van der Waals surface area contributed by atoms with E-state index < -0.39 is 48.7 Å². The van der Waals surface area contributed by atoms with Gasteiger partial charge in [-0.2, -0.15) is 13.2 Å². The van der Waals surface area contributed by atoms with Crippen molar-refractivity contribution in [3.63, 3.8) is 0 Å². The first-order valence-corrected chi connectivity index (χ1v) is 9.87. The molecule has 1 aromatic heterocycles. The molecular formula is C21H20F4N4O3. The van der Waals surface area contributed by atoms with E-state index in [2.05, 4.69) is 15.3 Å². The predicted octanol–water partition coefficient (Wildman–Crippen LogP) is 3.15. The van der Waals surface area contributed by atoms with Crippen LogP contribution < -0.4 is 11.1 Å². The summed E-state index contributed by atoms with van der Waals surface area (Å²) < 4.78 is 65.4. The molecule has 0 spiro atoms. The van der Waals surface area contributed by atoms with Crippen LogP contribution in [0.15, 0.2) is 41.5 Å². The highest BCUT2D eigenvalue weighted by Crippen LogP contribution is 2.50. The SMILES string of the molecule is CCc1ccc(C(=O)Nc2ccc(F)c(C34CO[C@H](C(F)(F)F)C3COC(N)=N4)c2)nc1. The van der Waals surface area contributed by atoms with E-state index in [4.69, 9.17) is 15.2 Å². The molecule has 1 amide bonds. The van der Waals surface area contributed by atoms with Crippen molar-refractivity contribution in [1.29, 1.82) is 0 Å². The summed E-state index contributed by atoms with van der Waals surface area (Å²) in [5, 5.41) is 2.59. The van der Waals surface area contributed by atoms with Gasteiger partial charge >= 0.3 is 6.18 Å². The second-order valence-corrected chi connectivity index (χ2v) is 7.62. The number of aliphatic imine (C=N–C) groups is 1. The Bertz CT molecular complexity index is 1060. The zero-order chi connectivity index (χ0) is 23.1. The molecule has 2 aliphatic rings. The number of fused-ring (bicyclic) bond motifs is 1. The number of aromatic nitrogens is 1. The van der Waals surface area contributed by atoms with Crippen LogP contribution in [0.25, 0.3) is 0 Å². The maximum atomic E-state index is 14.9. The summed E-state index contributed by atoms with van der Waals surface area (Å²) in [5.41, 5.74) is 4.96. The van der Waals surface area contributed by atoms with Gasteiger partial charge in [-0.05, 0) is 36.2 Å². The van der Waals surface area contributed by atoms with Crippen LogP contribution in [-0.4, -0.2) is 42.4 Å². The highest BCUT2D eigenvalue weighted by atomic mass is 19.4. The van der Waals surface area contributed by atoms with Crippen LogP contribution in [0.4, 0.5) is 23.2 Å². The number of nitrogens with one attached hydrogen (secondary N) is 1. The number of hydrogen-bond acceptors (Lipinski definition) is 6. The fourth-order valence-electron chi connectivity index (χ4n) is 3.99. The van der Waals surface area contributed by atoms with Crippen LogP contribution >= 0.6 is 0 Å². The first-order chi connectivity index (χ1) is 15.1. The van der Waals surface area contributed by atoms with Gasteiger partial charge in [-0.1, -0.05) is 13.0 Å². The number of carbonyl (C=O) groups excluding carboxylic acids is 1. The molecule has 0 radical (unpaired) electrons. The van der Waals surface area contributed by atoms with E-state index in [0.29, 0.717) is 0 Å². The average Bonchev–Trinajstić information content (AvgIpc) is 3.15. The summed E-state index contributed by atoms with van der Waals surface area (Å²) in [6, 6.07) is 6.54. The number of anilines is 1. The minimum Gasteiger partial charge on any atom is -0.465 e. The normalized spacial score (nSPS) is 25.0. The highest BCUT2D eigenvalue weighted by molar-refractivity contribution is 6.02. The van der Waals surface area contributed by atoms with Crippen molar-refractivity contribution in [2.45, 2.75) is 31.2 Å². The number of benzene rings is 1. The summed E-state index contributed by atoms with van der Waals surface area (Å²) in [7, 11) is 0. The lowest BCUT2D eigenvalue weighted by atomic mass is 9.77. The van der Waals surface area contributed by atoms with Gasteiger partial charge in [0.1, 0.15) is 17.1 Å². The molecule has 3 N–H and O–H groups in total. The Labute approximate surface area is 180 Å². The number of nitrogens with two attached hydrogens (primary N) is 1. The lowest BCUT2D eigenvalue weighted by molar-refractivity contribution is -0.219. The Morgan fingerprint density at radius 1 is 1.31 bits per heavy atom. The van der Waals surface area contributed by atoms with E-state index in [1.807, 2.05) is 6.92 Å². The monoisotopic (exact) mass is 452 g/mol. The second-order valence-electron chi connectivity index (χ2n) is 7.62. The standard InChI is InChI=1S/C21H20F4N4O3/c1-2-11-3-6-16(27-8-11)18(30)28-12-4-5-15(22)13(7-12)20-10-32-17(21(23,24)25)14(20)9-31-19(26)29-20/h3-8,14,17H,2,9-10H2,1H3,(H2,26,29)(H,28,30)/t14?,17-,20?/m0/s1. The van der Waals surface area contributed by atoms with Gasteiger partial charge in [0.2, 0.25) is 0 Å². The van der Waals surface area contributed by atoms with E-state index >= 15 is 0 Å². The number of hydrogen-bond donors (Lipinski definition) is 2. The maximum absolute atomic E-state index is 14.9. The molecule has 1 saturated heterocycles. The van der Waals surface area contributed by atoms with Crippen molar-refractivity contribution in [1.82, 2.24) is 4.98 Å². The van der Waals surface area contributed by atoms with Crippen LogP contribution in [0.1, 0.15) is 28.5 Å². The van der Waals surface area contributed by atoms with E-state index in [1.165, 1.54) is 12.1 Å². The van der Waals surface area contributed by atoms with Crippen molar-refractivity contribution < 1.29 is 31.8 Å². The van der Waals surface area contributed by atoms with Gasteiger partial charge in [0.15, 0.2) is 6.10 Å².